The van der Waals surface area contributed by atoms with E-state index in [9.17, 15) is 4.79 Å². The highest BCUT2D eigenvalue weighted by molar-refractivity contribution is 5.95. The van der Waals surface area contributed by atoms with Gasteiger partial charge in [0.05, 0.1) is 17.6 Å². The van der Waals surface area contributed by atoms with E-state index < -0.39 is 5.91 Å². The second-order valence-electron chi connectivity index (χ2n) is 9.77. The molecule has 6 nitrogen and oxygen atoms in total. The Morgan fingerprint density at radius 2 is 1.56 bits per heavy atom. The average Bonchev–Trinajstić information content (AvgIpc) is 3.47. The Balaban J connectivity index is 1.19. The van der Waals surface area contributed by atoms with Crippen LogP contribution in [-0.4, -0.2) is 21.9 Å². The third kappa shape index (κ3) is 6.07. The second-order valence-corrected chi connectivity index (χ2v) is 9.77. The number of amides is 1. The Bertz CT molecular complexity index is 1820. The van der Waals surface area contributed by atoms with E-state index >= 15 is 0 Å². The van der Waals surface area contributed by atoms with Gasteiger partial charge in [0.15, 0.2) is 5.69 Å². The molecule has 0 aliphatic heterocycles. The lowest BCUT2D eigenvalue weighted by Gasteiger charge is -2.09. The van der Waals surface area contributed by atoms with Crippen molar-refractivity contribution >= 4 is 22.9 Å². The molecule has 1 N–H and O–H groups in total. The quantitative estimate of drug-likeness (QED) is 0.163. The van der Waals surface area contributed by atoms with Gasteiger partial charge < -0.3 is 4.74 Å². The van der Waals surface area contributed by atoms with Gasteiger partial charge in [0, 0.05) is 5.56 Å². The number of ether oxygens (including phenoxy) is 1. The fourth-order valence-corrected chi connectivity index (χ4v) is 4.54. The van der Waals surface area contributed by atoms with Gasteiger partial charge in [-0.15, -0.1) is 0 Å². The number of carbonyl (C=O) groups is 1. The van der Waals surface area contributed by atoms with Crippen LogP contribution in [0.3, 0.4) is 0 Å². The molecule has 0 radical (unpaired) electrons. The summed E-state index contributed by atoms with van der Waals surface area (Å²) in [4.78, 5) is 13.1. The monoisotopic (exact) mass is 536 g/mol. The fourth-order valence-electron chi connectivity index (χ4n) is 4.54. The largest absolute Gasteiger partial charge is 0.489 e. The van der Waals surface area contributed by atoms with Crippen LogP contribution in [0.1, 0.15) is 27.2 Å². The molecule has 1 amide bonds. The second kappa shape index (κ2) is 11.7. The van der Waals surface area contributed by atoms with Crippen molar-refractivity contribution in [2.24, 2.45) is 5.10 Å². The van der Waals surface area contributed by atoms with Crippen LogP contribution in [0.25, 0.3) is 27.7 Å². The van der Waals surface area contributed by atoms with Crippen LogP contribution < -0.4 is 10.2 Å². The molecule has 0 saturated heterocycles. The van der Waals surface area contributed by atoms with E-state index in [-0.39, 0.29) is 5.69 Å². The smallest absolute Gasteiger partial charge is 0.291 e. The lowest BCUT2D eigenvalue weighted by atomic mass is 10.0. The van der Waals surface area contributed by atoms with Crippen molar-refractivity contribution in [3.8, 4) is 22.7 Å². The molecule has 0 atom stereocenters. The first kappa shape index (κ1) is 25.8. The highest BCUT2D eigenvalue weighted by Gasteiger charge is 2.17. The van der Waals surface area contributed by atoms with Crippen molar-refractivity contribution in [1.29, 1.82) is 0 Å². The molecule has 0 fully saturated rings. The maximum Gasteiger partial charge on any atom is 0.291 e. The summed E-state index contributed by atoms with van der Waals surface area (Å²) < 4.78 is 7.64. The maximum atomic E-state index is 13.1. The Morgan fingerprint density at radius 3 is 2.34 bits per heavy atom. The van der Waals surface area contributed by atoms with Crippen LogP contribution >= 0.6 is 0 Å². The number of carbonyl (C=O) groups excluding carboxylic acids is 1. The normalized spacial score (nSPS) is 11.1. The number of rotatable bonds is 8. The number of hydrogen-bond donors (Lipinski definition) is 1. The summed E-state index contributed by atoms with van der Waals surface area (Å²) in [5, 5.41) is 11.1. The molecule has 0 spiro atoms. The predicted molar refractivity (Wildman–Crippen MR) is 164 cm³/mol. The Hall–Kier alpha value is -5.49. The van der Waals surface area contributed by atoms with Crippen molar-refractivity contribution in [3.05, 3.63) is 150 Å². The topological polar surface area (TPSA) is 68.5 Å². The number of aryl methyl sites for hydroxylation is 1. The predicted octanol–water partition coefficient (Wildman–Crippen LogP) is 7.34. The zero-order valence-electron chi connectivity index (χ0n) is 22.6. The number of aromatic nitrogens is 2. The van der Waals surface area contributed by atoms with Gasteiger partial charge in [0.1, 0.15) is 12.4 Å². The van der Waals surface area contributed by atoms with Crippen molar-refractivity contribution in [3.63, 3.8) is 0 Å². The minimum Gasteiger partial charge on any atom is -0.489 e. The van der Waals surface area contributed by atoms with Gasteiger partial charge in [-0.1, -0.05) is 84.4 Å². The van der Waals surface area contributed by atoms with Crippen molar-refractivity contribution in [2.45, 2.75) is 13.5 Å². The third-order valence-corrected chi connectivity index (χ3v) is 6.77. The van der Waals surface area contributed by atoms with Crippen molar-refractivity contribution in [1.82, 2.24) is 15.2 Å². The molecule has 0 aliphatic rings. The Morgan fingerprint density at radius 1 is 0.829 bits per heavy atom. The molecule has 0 bridgehead atoms. The molecule has 6 heteroatoms. The van der Waals surface area contributed by atoms with Gasteiger partial charge in [-0.2, -0.15) is 10.2 Å². The molecule has 0 saturated carbocycles. The number of nitrogens with zero attached hydrogens (tertiary/aromatic N) is 3. The van der Waals surface area contributed by atoms with E-state index in [4.69, 9.17) is 4.74 Å². The van der Waals surface area contributed by atoms with Crippen LogP contribution in [0.5, 0.6) is 5.75 Å². The first-order chi connectivity index (χ1) is 20.1. The molecule has 6 rings (SSSR count). The molecular formula is C35H28N4O2. The van der Waals surface area contributed by atoms with Gasteiger partial charge >= 0.3 is 0 Å². The van der Waals surface area contributed by atoms with Crippen LogP contribution in [0.15, 0.2) is 132 Å². The minimum atomic E-state index is -0.392. The summed E-state index contributed by atoms with van der Waals surface area (Å²) in [5.41, 5.74) is 8.63. The molecule has 200 valence electrons. The van der Waals surface area contributed by atoms with Crippen LogP contribution in [0.2, 0.25) is 0 Å². The van der Waals surface area contributed by atoms with Crippen LogP contribution in [0, 0.1) is 6.92 Å². The molecule has 41 heavy (non-hydrogen) atoms. The number of nitrogens with one attached hydrogen (secondary N) is 1. The first-order valence-electron chi connectivity index (χ1n) is 13.4. The third-order valence-electron chi connectivity index (χ3n) is 6.77. The van der Waals surface area contributed by atoms with E-state index in [0.717, 1.165) is 50.2 Å². The molecule has 5 aromatic carbocycles. The number of fused-ring (bicyclic) bond motifs is 1. The lowest BCUT2D eigenvalue weighted by Crippen LogP contribution is -2.18. The molecule has 6 aromatic rings. The minimum absolute atomic E-state index is 0.274. The summed E-state index contributed by atoms with van der Waals surface area (Å²) in [7, 11) is 0. The van der Waals surface area contributed by atoms with Crippen molar-refractivity contribution in [2.75, 3.05) is 0 Å². The SMILES string of the molecule is Cc1ccc(-n2nc(C(=O)N/N=C\c3ccc(OCc4ccccc4)cc3)cc2-c2ccc3ccccc3c2)cc1. The fraction of sp³-hybridized carbons (Fsp3) is 0.0571. The summed E-state index contributed by atoms with van der Waals surface area (Å²) in [6.45, 7) is 2.54. The summed E-state index contributed by atoms with van der Waals surface area (Å²) in [6.07, 6.45) is 1.60. The first-order valence-corrected chi connectivity index (χ1v) is 13.4. The molecule has 1 aromatic heterocycles. The van der Waals surface area contributed by atoms with Crippen LogP contribution in [0.4, 0.5) is 0 Å². The zero-order valence-corrected chi connectivity index (χ0v) is 22.6. The van der Waals surface area contributed by atoms with E-state index in [0.29, 0.717) is 6.61 Å². The average molecular weight is 537 g/mol. The molecular weight excluding hydrogens is 508 g/mol. The summed E-state index contributed by atoms with van der Waals surface area (Å²) in [6, 6.07) is 41.9. The molecule has 1 heterocycles. The molecule has 0 unspecified atom stereocenters. The van der Waals surface area contributed by atoms with E-state index in [2.05, 4.69) is 46.0 Å². The maximum absolute atomic E-state index is 13.1. The Kier molecular flexibility index (Phi) is 7.36. The summed E-state index contributed by atoms with van der Waals surface area (Å²) >= 11 is 0. The van der Waals surface area contributed by atoms with Gasteiger partial charge in [-0.3, -0.25) is 4.79 Å². The van der Waals surface area contributed by atoms with Gasteiger partial charge in [0.2, 0.25) is 0 Å². The zero-order chi connectivity index (χ0) is 28.0. The Labute approximate surface area is 238 Å². The number of hydrogen-bond acceptors (Lipinski definition) is 4. The van der Waals surface area contributed by atoms with Gasteiger partial charge in [-0.25, -0.2) is 10.1 Å². The van der Waals surface area contributed by atoms with E-state index in [1.165, 1.54) is 0 Å². The standard InChI is InChI=1S/C35H28N4O2/c1-25-11-17-31(18-12-25)39-34(30-16-15-28-9-5-6-10-29(28)21-30)22-33(38-39)35(40)37-36-23-26-13-19-32(20-14-26)41-24-27-7-3-2-4-8-27/h2-23H,24H2,1H3,(H,37,40)/b36-23-. The van der Waals surface area contributed by atoms with E-state index in [1.807, 2.05) is 97.9 Å². The lowest BCUT2D eigenvalue weighted by molar-refractivity contribution is 0.0949. The summed E-state index contributed by atoms with van der Waals surface area (Å²) in [5.74, 6) is 0.370. The van der Waals surface area contributed by atoms with E-state index in [1.54, 1.807) is 17.0 Å². The van der Waals surface area contributed by atoms with Gasteiger partial charge in [-0.05, 0) is 77.4 Å². The van der Waals surface area contributed by atoms with Crippen molar-refractivity contribution < 1.29 is 9.53 Å². The number of benzene rings is 5. The van der Waals surface area contributed by atoms with Crippen LogP contribution in [-0.2, 0) is 6.61 Å². The molecule has 0 aliphatic carbocycles. The number of hydrazone groups is 1. The van der Waals surface area contributed by atoms with Gasteiger partial charge in [0.25, 0.3) is 5.91 Å². The highest BCUT2D eigenvalue weighted by Crippen LogP contribution is 2.28. The highest BCUT2D eigenvalue weighted by atomic mass is 16.5.